The van der Waals surface area contributed by atoms with Gasteiger partial charge in [-0.25, -0.2) is 0 Å². The van der Waals surface area contributed by atoms with Gasteiger partial charge < -0.3 is 4.74 Å². The van der Waals surface area contributed by atoms with E-state index in [2.05, 4.69) is 0 Å². The van der Waals surface area contributed by atoms with Crippen molar-refractivity contribution >= 4 is 5.78 Å². The molecule has 82 valence electrons. The van der Waals surface area contributed by atoms with Crippen molar-refractivity contribution in [3.63, 3.8) is 0 Å². The summed E-state index contributed by atoms with van der Waals surface area (Å²) < 4.78 is 5.25. The van der Waals surface area contributed by atoms with E-state index in [4.69, 9.17) is 4.74 Å². The standard InChI is InChI=1S/C13H18O2/c1-10(2)9-12(14)13(15-3)11-7-5-4-6-8-11/h4-8,10,13H,9H2,1-3H3. The lowest BCUT2D eigenvalue weighted by molar-refractivity contribution is -0.129. The minimum atomic E-state index is -0.409. The average molecular weight is 206 g/mol. The number of hydrogen-bond acceptors (Lipinski definition) is 2. The fourth-order valence-corrected chi connectivity index (χ4v) is 1.59. The molecule has 0 fully saturated rings. The number of carbonyl (C=O) groups excluding carboxylic acids is 1. The largest absolute Gasteiger partial charge is 0.369 e. The molecule has 0 heterocycles. The molecule has 0 bridgehead atoms. The smallest absolute Gasteiger partial charge is 0.166 e. The third-order valence-corrected chi connectivity index (χ3v) is 2.24. The summed E-state index contributed by atoms with van der Waals surface area (Å²) in [4.78, 5) is 11.9. The van der Waals surface area contributed by atoms with Crippen molar-refractivity contribution in [2.45, 2.75) is 26.4 Å². The Morgan fingerprint density at radius 1 is 1.27 bits per heavy atom. The van der Waals surface area contributed by atoms with E-state index < -0.39 is 6.10 Å². The van der Waals surface area contributed by atoms with Gasteiger partial charge in [-0.2, -0.15) is 0 Å². The van der Waals surface area contributed by atoms with Crippen LogP contribution in [0.1, 0.15) is 31.9 Å². The zero-order chi connectivity index (χ0) is 11.3. The van der Waals surface area contributed by atoms with Crippen molar-refractivity contribution in [2.75, 3.05) is 7.11 Å². The number of ether oxygens (including phenoxy) is 1. The lowest BCUT2D eigenvalue weighted by atomic mass is 9.98. The van der Waals surface area contributed by atoms with Crippen LogP contribution in [0.3, 0.4) is 0 Å². The number of rotatable bonds is 5. The summed E-state index contributed by atoms with van der Waals surface area (Å²) in [7, 11) is 1.58. The SMILES string of the molecule is COC(C(=O)CC(C)C)c1ccccc1. The second kappa shape index (κ2) is 5.66. The molecule has 0 spiro atoms. The highest BCUT2D eigenvalue weighted by atomic mass is 16.5. The van der Waals surface area contributed by atoms with Crippen LogP contribution in [0.25, 0.3) is 0 Å². The van der Waals surface area contributed by atoms with Gasteiger partial charge in [0, 0.05) is 13.5 Å². The van der Waals surface area contributed by atoms with Crippen LogP contribution < -0.4 is 0 Å². The van der Waals surface area contributed by atoms with Crippen molar-refractivity contribution in [3.8, 4) is 0 Å². The van der Waals surface area contributed by atoms with Crippen LogP contribution in [0.2, 0.25) is 0 Å². The topological polar surface area (TPSA) is 26.3 Å². The van der Waals surface area contributed by atoms with Gasteiger partial charge in [0.05, 0.1) is 0 Å². The number of Topliss-reactive ketones (excluding diaryl/α,β-unsaturated/α-hetero) is 1. The Labute approximate surface area is 91.3 Å². The van der Waals surface area contributed by atoms with Crippen molar-refractivity contribution in [1.29, 1.82) is 0 Å². The molecule has 1 unspecified atom stereocenters. The maximum absolute atomic E-state index is 11.9. The number of ketones is 1. The first kappa shape index (κ1) is 11.9. The fourth-order valence-electron chi connectivity index (χ4n) is 1.59. The van der Waals surface area contributed by atoms with Crippen molar-refractivity contribution in [2.24, 2.45) is 5.92 Å². The highest BCUT2D eigenvalue weighted by molar-refractivity contribution is 5.84. The molecular weight excluding hydrogens is 188 g/mol. The Balaban J connectivity index is 2.76. The van der Waals surface area contributed by atoms with Gasteiger partial charge in [-0.05, 0) is 11.5 Å². The molecule has 0 aromatic heterocycles. The molecule has 1 atom stereocenters. The Bertz CT molecular complexity index is 304. The van der Waals surface area contributed by atoms with Gasteiger partial charge in [0.2, 0.25) is 0 Å². The fraction of sp³-hybridized carbons (Fsp3) is 0.462. The van der Waals surface area contributed by atoms with Gasteiger partial charge in [-0.15, -0.1) is 0 Å². The molecule has 0 aliphatic rings. The Hall–Kier alpha value is -1.15. The molecule has 0 radical (unpaired) electrons. The third kappa shape index (κ3) is 3.48. The molecule has 0 amide bonds. The minimum absolute atomic E-state index is 0.152. The van der Waals surface area contributed by atoms with Gasteiger partial charge in [-0.1, -0.05) is 44.2 Å². The molecule has 0 aliphatic heterocycles. The van der Waals surface area contributed by atoms with Crippen LogP contribution in [0.15, 0.2) is 30.3 Å². The highest BCUT2D eigenvalue weighted by Crippen LogP contribution is 2.20. The van der Waals surface area contributed by atoms with Gasteiger partial charge in [0.1, 0.15) is 6.10 Å². The molecular formula is C13H18O2. The van der Waals surface area contributed by atoms with Gasteiger partial charge in [-0.3, -0.25) is 4.79 Å². The first-order chi connectivity index (χ1) is 7.15. The second-order valence-electron chi connectivity index (χ2n) is 4.09. The lowest BCUT2D eigenvalue weighted by Crippen LogP contribution is -2.16. The van der Waals surface area contributed by atoms with E-state index in [9.17, 15) is 4.79 Å². The molecule has 0 saturated heterocycles. The van der Waals surface area contributed by atoms with Crippen LogP contribution in [-0.4, -0.2) is 12.9 Å². The summed E-state index contributed by atoms with van der Waals surface area (Å²) in [5.41, 5.74) is 0.936. The van der Waals surface area contributed by atoms with E-state index in [1.807, 2.05) is 44.2 Å². The van der Waals surface area contributed by atoms with Gasteiger partial charge in [0.25, 0.3) is 0 Å². The van der Waals surface area contributed by atoms with E-state index in [1.54, 1.807) is 7.11 Å². The van der Waals surface area contributed by atoms with Crippen molar-refractivity contribution in [3.05, 3.63) is 35.9 Å². The predicted octanol–water partition coefficient (Wildman–Crippen LogP) is 2.99. The molecule has 1 rings (SSSR count). The summed E-state index contributed by atoms with van der Waals surface area (Å²) in [6.45, 7) is 4.07. The molecule has 0 aliphatic carbocycles. The summed E-state index contributed by atoms with van der Waals surface area (Å²) in [6, 6.07) is 9.62. The predicted molar refractivity (Wildman–Crippen MR) is 60.7 cm³/mol. The number of benzene rings is 1. The molecule has 15 heavy (non-hydrogen) atoms. The van der Waals surface area contributed by atoms with E-state index in [1.165, 1.54) is 0 Å². The van der Waals surface area contributed by atoms with Crippen molar-refractivity contribution in [1.82, 2.24) is 0 Å². The van der Waals surface area contributed by atoms with Crippen LogP contribution in [0.4, 0.5) is 0 Å². The van der Waals surface area contributed by atoms with Crippen LogP contribution in [0.5, 0.6) is 0 Å². The van der Waals surface area contributed by atoms with E-state index >= 15 is 0 Å². The maximum atomic E-state index is 11.9. The van der Waals surface area contributed by atoms with Crippen molar-refractivity contribution < 1.29 is 9.53 Å². The summed E-state index contributed by atoms with van der Waals surface area (Å²) in [6.07, 6.45) is 0.154. The van der Waals surface area contributed by atoms with E-state index in [0.29, 0.717) is 12.3 Å². The minimum Gasteiger partial charge on any atom is -0.369 e. The van der Waals surface area contributed by atoms with E-state index in [-0.39, 0.29) is 5.78 Å². The highest BCUT2D eigenvalue weighted by Gasteiger charge is 2.19. The normalized spacial score (nSPS) is 12.8. The van der Waals surface area contributed by atoms with Crippen LogP contribution in [-0.2, 0) is 9.53 Å². The molecule has 1 aromatic carbocycles. The molecule has 2 heteroatoms. The number of carbonyl (C=O) groups is 1. The van der Waals surface area contributed by atoms with Gasteiger partial charge in [0.15, 0.2) is 5.78 Å². The monoisotopic (exact) mass is 206 g/mol. The summed E-state index contributed by atoms with van der Waals surface area (Å²) in [5, 5.41) is 0. The quantitative estimate of drug-likeness (QED) is 0.740. The first-order valence-electron chi connectivity index (χ1n) is 5.25. The molecule has 0 N–H and O–H groups in total. The third-order valence-electron chi connectivity index (χ3n) is 2.24. The summed E-state index contributed by atoms with van der Waals surface area (Å²) in [5.74, 6) is 0.526. The lowest BCUT2D eigenvalue weighted by Gasteiger charge is -2.15. The summed E-state index contributed by atoms with van der Waals surface area (Å²) >= 11 is 0. The zero-order valence-electron chi connectivity index (χ0n) is 9.57. The molecule has 1 aromatic rings. The number of hydrogen-bond donors (Lipinski definition) is 0. The molecule has 0 saturated carbocycles. The Morgan fingerprint density at radius 3 is 2.33 bits per heavy atom. The maximum Gasteiger partial charge on any atom is 0.166 e. The van der Waals surface area contributed by atoms with Crippen LogP contribution in [0, 0.1) is 5.92 Å². The second-order valence-corrected chi connectivity index (χ2v) is 4.09. The van der Waals surface area contributed by atoms with E-state index in [0.717, 1.165) is 5.56 Å². The number of methoxy groups -OCH3 is 1. The Morgan fingerprint density at radius 2 is 1.87 bits per heavy atom. The average Bonchev–Trinajstić information content (AvgIpc) is 2.19. The first-order valence-corrected chi connectivity index (χ1v) is 5.25. The zero-order valence-corrected chi connectivity index (χ0v) is 9.57. The molecule has 2 nitrogen and oxygen atoms in total. The Kier molecular flexibility index (Phi) is 4.50. The van der Waals surface area contributed by atoms with Gasteiger partial charge >= 0.3 is 0 Å². The van der Waals surface area contributed by atoms with Crippen LogP contribution >= 0.6 is 0 Å².